The highest BCUT2D eigenvalue weighted by atomic mass is 19.4. The zero-order chi connectivity index (χ0) is 16.4. The van der Waals surface area contributed by atoms with Crippen LogP contribution in [-0.4, -0.2) is 17.5 Å². The summed E-state index contributed by atoms with van der Waals surface area (Å²) >= 11 is 0. The van der Waals surface area contributed by atoms with E-state index in [9.17, 15) is 18.0 Å². The standard InChI is InChI=1S/C16H21F3N2O/c1-11(21-14(22)15(20)8-2-3-9-15)10-12-4-6-13(7-5-12)16(17,18)19/h4-7,11H,2-3,8-10,20H2,1H3,(H,21,22). The second-order valence-electron chi connectivity index (χ2n) is 6.14. The summed E-state index contributed by atoms with van der Waals surface area (Å²) in [6.07, 6.45) is -0.571. The quantitative estimate of drug-likeness (QED) is 0.897. The summed E-state index contributed by atoms with van der Waals surface area (Å²) in [5.74, 6) is -0.163. The number of carbonyl (C=O) groups is 1. The predicted molar refractivity (Wildman–Crippen MR) is 78.1 cm³/mol. The monoisotopic (exact) mass is 314 g/mol. The highest BCUT2D eigenvalue weighted by Gasteiger charge is 2.37. The molecule has 22 heavy (non-hydrogen) atoms. The summed E-state index contributed by atoms with van der Waals surface area (Å²) < 4.78 is 37.5. The van der Waals surface area contributed by atoms with Crippen molar-refractivity contribution < 1.29 is 18.0 Å². The Morgan fingerprint density at radius 3 is 2.32 bits per heavy atom. The Morgan fingerprint density at radius 2 is 1.82 bits per heavy atom. The molecule has 0 saturated heterocycles. The van der Waals surface area contributed by atoms with E-state index in [0.29, 0.717) is 19.3 Å². The molecule has 1 amide bonds. The average Bonchev–Trinajstić information content (AvgIpc) is 2.86. The number of nitrogens with two attached hydrogens (primary N) is 1. The van der Waals surface area contributed by atoms with Crippen molar-refractivity contribution in [1.82, 2.24) is 5.32 Å². The van der Waals surface area contributed by atoms with Crippen molar-refractivity contribution in [3.05, 3.63) is 35.4 Å². The van der Waals surface area contributed by atoms with Crippen molar-refractivity contribution in [2.24, 2.45) is 5.73 Å². The summed E-state index contributed by atoms with van der Waals surface area (Å²) in [6, 6.07) is 4.83. The van der Waals surface area contributed by atoms with Gasteiger partial charge in [0.25, 0.3) is 0 Å². The van der Waals surface area contributed by atoms with E-state index in [0.717, 1.165) is 30.5 Å². The molecule has 0 spiro atoms. The van der Waals surface area contributed by atoms with Gasteiger partial charge in [-0.2, -0.15) is 13.2 Å². The molecular weight excluding hydrogens is 293 g/mol. The van der Waals surface area contributed by atoms with Crippen LogP contribution in [0.15, 0.2) is 24.3 Å². The van der Waals surface area contributed by atoms with Gasteiger partial charge in [0, 0.05) is 6.04 Å². The molecule has 2 rings (SSSR count). The maximum Gasteiger partial charge on any atom is 0.416 e. The Labute approximate surface area is 128 Å². The lowest BCUT2D eigenvalue weighted by molar-refractivity contribution is -0.137. The van der Waals surface area contributed by atoms with E-state index in [-0.39, 0.29) is 11.9 Å². The number of benzene rings is 1. The van der Waals surface area contributed by atoms with Gasteiger partial charge >= 0.3 is 6.18 Å². The van der Waals surface area contributed by atoms with E-state index in [2.05, 4.69) is 5.32 Å². The van der Waals surface area contributed by atoms with Crippen LogP contribution in [0, 0.1) is 0 Å². The van der Waals surface area contributed by atoms with Gasteiger partial charge in [-0.1, -0.05) is 25.0 Å². The fraction of sp³-hybridized carbons (Fsp3) is 0.562. The molecule has 3 nitrogen and oxygen atoms in total. The topological polar surface area (TPSA) is 55.1 Å². The molecule has 3 N–H and O–H groups in total. The fourth-order valence-corrected chi connectivity index (χ4v) is 2.83. The first kappa shape index (κ1) is 16.8. The number of halogens is 3. The van der Waals surface area contributed by atoms with Gasteiger partial charge in [0.1, 0.15) is 0 Å². The van der Waals surface area contributed by atoms with Crippen molar-refractivity contribution in [2.45, 2.75) is 56.8 Å². The van der Waals surface area contributed by atoms with Gasteiger partial charge in [0.15, 0.2) is 0 Å². The number of nitrogens with one attached hydrogen (secondary N) is 1. The third kappa shape index (κ3) is 4.00. The van der Waals surface area contributed by atoms with E-state index in [4.69, 9.17) is 5.73 Å². The molecular formula is C16H21F3N2O. The number of carbonyl (C=O) groups excluding carboxylic acids is 1. The molecule has 0 aliphatic heterocycles. The minimum absolute atomic E-state index is 0.163. The van der Waals surface area contributed by atoms with Crippen molar-refractivity contribution >= 4 is 5.91 Å². The molecule has 6 heteroatoms. The van der Waals surface area contributed by atoms with Crippen LogP contribution in [0.3, 0.4) is 0 Å². The lowest BCUT2D eigenvalue weighted by Gasteiger charge is -2.25. The van der Waals surface area contributed by atoms with Gasteiger partial charge in [-0.15, -0.1) is 0 Å². The molecule has 1 aromatic carbocycles. The van der Waals surface area contributed by atoms with Crippen molar-refractivity contribution in [3.63, 3.8) is 0 Å². The lowest BCUT2D eigenvalue weighted by Crippen LogP contribution is -2.54. The van der Waals surface area contributed by atoms with Crippen LogP contribution in [0.5, 0.6) is 0 Å². The molecule has 1 aliphatic rings. The highest BCUT2D eigenvalue weighted by Crippen LogP contribution is 2.29. The number of amides is 1. The first-order valence-corrected chi connectivity index (χ1v) is 7.47. The first-order chi connectivity index (χ1) is 10.2. The maximum absolute atomic E-state index is 12.5. The smallest absolute Gasteiger partial charge is 0.352 e. The SMILES string of the molecule is CC(Cc1ccc(C(F)(F)F)cc1)NC(=O)C1(N)CCCC1. The minimum Gasteiger partial charge on any atom is -0.352 e. The largest absolute Gasteiger partial charge is 0.416 e. The van der Waals surface area contributed by atoms with E-state index >= 15 is 0 Å². The summed E-state index contributed by atoms with van der Waals surface area (Å²) in [5, 5.41) is 2.87. The molecule has 0 radical (unpaired) electrons. The molecule has 0 aromatic heterocycles. The van der Waals surface area contributed by atoms with Crippen LogP contribution in [0.2, 0.25) is 0 Å². The Morgan fingerprint density at radius 1 is 1.27 bits per heavy atom. The molecule has 1 fully saturated rings. The van der Waals surface area contributed by atoms with Crippen LogP contribution in [0.25, 0.3) is 0 Å². The lowest BCUT2D eigenvalue weighted by atomic mass is 9.97. The van der Waals surface area contributed by atoms with E-state index in [1.54, 1.807) is 0 Å². The van der Waals surface area contributed by atoms with Gasteiger partial charge in [0.05, 0.1) is 11.1 Å². The van der Waals surface area contributed by atoms with Crippen molar-refractivity contribution in [3.8, 4) is 0 Å². The fourth-order valence-electron chi connectivity index (χ4n) is 2.83. The normalized spacial score (nSPS) is 19.0. The minimum atomic E-state index is -4.33. The average molecular weight is 314 g/mol. The van der Waals surface area contributed by atoms with Crippen LogP contribution in [-0.2, 0) is 17.4 Å². The second kappa shape index (κ2) is 6.28. The molecule has 1 atom stereocenters. The molecule has 122 valence electrons. The van der Waals surface area contributed by atoms with Crippen LogP contribution in [0.4, 0.5) is 13.2 Å². The first-order valence-electron chi connectivity index (χ1n) is 7.47. The summed E-state index contributed by atoms with van der Waals surface area (Å²) in [6.45, 7) is 1.83. The molecule has 1 aromatic rings. The van der Waals surface area contributed by atoms with Crippen molar-refractivity contribution in [2.75, 3.05) is 0 Å². The number of hydrogen-bond donors (Lipinski definition) is 2. The Hall–Kier alpha value is -1.56. The van der Waals surface area contributed by atoms with Gasteiger partial charge < -0.3 is 11.1 Å². The predicted octanol–water partition coefficient (Wildman–Crippen LogP) is 3.02. The van der Waals surface area contributed by atoms with Gasteiger partial charge in [-0.3, -0.25) is 4.79 Å². The van der Waals surface area contributed by atoms with Crippen molar-refractivity contribution in [1.29, 1.82) is 0 Å². The Kier molecular flexibility index (Phi) is 4.80. The molecule has 1 unspecified atom stereocenters. The van der Waals surface area contributed by atoms with E-state index in [1.165, 1.54) is 12.1 Å². The number of rotatable bonds is 4. The Bertz CT molecular complexity index is 519. The summed E-state index contributed by atoms with van der Waals surface area (Å²) in [4.78, 5) is 12.2. The van der Waals surface area contributed by atoms with Gasteiger partial charge in [-0.05, 0) is 43.9 Å². The van der Waals surface area contributed by atoms with Gasteiger partial charge in [0.2, 0.25) is 5.91 Å². The molecule has 1 saturated carbocycles. The van der Waals surface area contributed by atoms with Crippen LogP contribution < -0.4 is 11.1 Å². The zero-order valence-electron chi connectivity index (χ0n) is 12.5. The van der Waals surface area contributed by atoms with Crippen LogP contribution >= 0.6 is 0 Å². The molecule has 0 bridgehead atoms. The molecule has 0 heterocycles. The zero-order valence-corrected chi connectivity index (χ0v) is 12.5. The third-order valence-electron chi connectivity index (χ3n) is 4.15. The number of alkyl halides is 3. The van der Waals surface area contributed by atoms with E-state index in [1.807, 2.05) is 6.92 Å². The van der Waals surface area contributed by atoms with Crippen LogP contribution in [0.1, 0.15) is 43.7 Å². The molecule has 1 aliphatic carbocycles. The second-order valence-corrected chi connectivity index (χ2v) is 6.14. The maximum atomic E-state index is 12.5. The summed E-state index contributed by atoms with van der Waals surface area (Å²) in [7, 11) is 0. The van der Waals surface area contributed by atoms with Gasteiger partial charge in [-0.25, -0.2) is 0 Å². The highest BCUT2D eigenvalue weighted by molar-refractivity contribution is 5.86. The Balaban J connectivity index is 1.92. The number of hydrogen-bond acceptors (Lipinski definition) is 2. The third-order valence-corrected chi connectivity index (χ3v) is 4.15. The summed E-state index contributed by atoms with van der Waals surface area (Å²) in [5.41, 5.74) is 5.37. The van der Waals surface area contributed by atoms with E-state index < -0.39 is 17.3 Å².